The molecular formula is C19H19ClNNaO4S. The maximum atomic E-state index is 12.4. The summed E-state index contributed by atoms with van der Waals surface area (Å²) in [5.41, 5.74) is 3.00. The zero-order chi connectivity index (χ0) is 18.7. The number of nitrogens with one attached hydrogen (secondary N) is 1. The largest absolute Gasteiger partial charge is 1.00 e. The molecule has 2 aromatic rings. The fourth-order valence-corrected chi connectivity index (χ4v) is 4.50. The summed E-state index contributed by atoms with van der Waals surface area (Å²) in [6.45, 7) is 0.342. The van der Waals surface area contributed by atoms with Crippen LogP contribution in [-0.2, 0) is 34.1 Å². The molecule has 1 aliphatic carbocycles. The van der Waals surface area contributed by atoms with Crippen molar-refractivity contribution in [2.75, 3.05) is 6.54 Å². The number of sulfonamides is 1. The van der Waals surface area contributed by atoms with Gasteiger partial charge in [0.1, 0.15) is 0 Å². The number of hydrogen-bond acceptors (Lipinski definition) is 4. The van der Waals surface area contributed by atoms with Crippen molar-refractivity contribution in [3.63, 3.8) is 0 Å². The van der Waals surface area contributed by atoms with Gasteiger partial charge in [0, 0.05) is 24.0 Å². The average molecular weight is 416 g/mol. The summed E-state index contributed by atoms with van der Waals surface area (Å²) in [5.74, 6) is -0.934. The van der Waals surface area contributed by atoms with Crippen molar-refractivity contribution >= 4 is 27.6 Å². The summed E-state index contributed by atoms with van der Waals surface area (Å²) in [5, 5.41) is 11.3. The van der Waals surface area contributed by atoms with E-state index in [1.807, 2.05) is 18.2 Å². The summed E-state index contributed by atoms with van der Waals surface area (Å²) in [4.78, 5) is 11.0. The van der Waals surface area contributed by atoms with E-state index >= 15 is 0 Å². The van der Waals surface area contributed by atoms with Crippen LogP contribution >= 0.6 is 11.6 Å². The van der Waals surface area contributed by atoms with E-state index in [1.165, 1.54) is 17.7 Å². The van der Waals surface area contributed by atoms with Gasteiger partial charge in [-0.3, -0.25) is 0 Å². The van der Waals surface area contributed by atoms with Gasteiger partial charge in [-0.25, -0.2) is 13.1 Å². The third kappa shape index (κ3) is 6.04. The molecule has 3 rings (SSSR count). The molecular weight excluding hydrogens is 397 g/mol. The first-order chi connectivity index (χ1) is 12.3. The number of rotatable bonds is 6. The topological polar surface area (TPSA) is 86.3 Å². The standard InChI is InChI=1S/C19H20ClNO4S.Na/c20-17-5-7-18(8-6-17)26(24,25)21-12-14-2-4-15-3-1-13(11-19(22)23)9-16(15)10-14;/h1,3,5-9,14,21H,2,4,10-12H2,(H,22,23);/q;+1/p-1. The molecule has 0 fully saturated rings. The van der Waals surface area contributed by atoms with E-state index in [1.54, 1.807) is 12.1 Å². The van der Waals surface area contributed by atoms with Gasteiger partial charge in [0.2, 0.25) is 10.0 Å². The Balaban J connectivity index is 0.00000261. The summed E-state index contributed by atoms with van der Waals surface area (Å²) in [6.07, 6.45) is 2.35. The molecule has 0 aromatic heterocycles. The Bertz CT molecular complexity index is 916. The molecule has 0 radical (unpaired) electrons. The second-order valence-corrected chi connectivity index (χ2v) is 8.77. The number of benzene rings is 2. The monoisotopic (exact) mass is 415 g/mol. The van der Waals surface area contributed by atoms with Gasteiger partial charge in [-0.1, -0.05) is 29.8 Å². The molecule has 0 saturated carbocycles. The van der Waals surface area contributed by atoms with E-state index in [0.717, 1.165) is 24.8 Å². The van der Waals surface area contributed by atoms with E-state index in [4.69, 9.17) is 11.6 Å². The first kappa shape index (κ1) is 22.4. The molecule has 138 valence electrons. The Morgan fingerprint density at radius 3 is 2.52 bits per heavy atom. The Morgan fingerprint density at radius 1 is 1.15 bits per heavy atom. The Morgan fingerprint density at radius 2 is 1.85 bits per heavy atom. The molecule has 1 N–H and O–H groups in total. The summed E-state index contributed by atoms with van der Waals surface area (Å²) >= 11 is 5.80. The fourth-order valence-electron chi connectivity index (χ4n) is 3.26. The van der Waals surface area contributed by atoms with Crippen molar-refractivity contribution < 1.29 is 47.9 Å². The molecule has 0 heterocycles. The summed E-state index contributed by atoms with van der Waals surface area (Å²) < 4.78 is 27.4. The maximum Gasteiger partial charge on any atom is 1.00 e. The number of carbonyl (C=O) groups is 1. The molecule has 0 aliphatic heterocycles. The fraction of sp³-hybridized carbons (Fsp3) is 0.316. The van der Waals surface area contributed by atoms with E-state index in [9.17, 15) is 18.3 Å². The Hall–Kier alpha value is -0.890. The number of carbonyl (C=O) groups excluding carboxylic acids is 1. The van der Waals surface area contributed by atoms with Gasteiger partial charge < -0.3 is 9.90 Å². The van der Waals surface area contributed by atoms with E-state index in [-0.39, 0.29) is 46.8 Å². The SMILES string of the molecule is O=C([O-])Cc1ccc2c(c1)CC(CNS(=O)(=O)c1ccc(Cl)cc1)CC2.[Na+]. The van der Waals surface area contributed by atoms with Gasteiger partial charge in [0.05, 0.1) is 4.90 Å². The predicted octanol–water partition coefficient (Wildman–Crippen LogP) is -1.28. The zero-order valence-electron chi connectivity index (χ0n) is 15.1. The van der Waals surface area contributed by atoms with Crippen LogP contribution < -0.4 is 39.4 Å². The first-order valence-electron chi connectivity index (χ1n) is 8.39. The number of carboxylic acid groups (broad SMARTS) is 1. The number of carboxylic acids is 1. The smallest absolute Gasteiger partial charge is 0.550 e. The van der Waals surface area contributed by atoms with Gasteiger partial charge in [0.25, 0.3) is 0 Å². The number of hydrogen-bond donors (Lipinski definition) is 1. The van der Waals surface area contributed by atoms with Crippen LogP contribution in [0.1, 0.15) is 23.1 Å². The molecule has 0 bridgehead atoms. The second kappa shape index (κ2) is 9.54. The van der Waals surface area contributed by atoms with Crippen molar-refractivity contribution in [3.8, 4) is 0 Å². The van der Waals surface area contributed by atoms with Crippen LogP contribution in [0.25, 0.3) is 0 Å². The van der Waals surface area contributed by atoms with Crippen LogP contribution in [0.3, 0.4) is 0 Å². The van der Waals surface area contributed by atoms with Crippen molar-refractivity contribution in [1.29, 1.82) is 0 Å². The van der Waals surface area contributed by atoms with Gasteiger partial charge in [-0.05, 0) is 66.1 Å². The number of fused-ring (bicyclic) bond motifs is 1. The normalized spacial score (nSPS) is 16.3. The number of aliphatic carboxylic acids is 1. The van der Waals surface area contributed by atoms with Crippen LogP contribution in [-0.4, -0.2) is 20.9 Å². The molecule has 0 saturated heterocycles. The zero-order valence-corrected chi connectivity index (χ0v) is 18.6. The van der Waals surface area contributed by atoms with Crippen LogP contribution in [0, 0.1) is 5.92 Å². The van der Waals surface area contributed by atoms with Gasteiger partial charge in [-0.15, -0.1) is 0 Å². The molecule has 8 heteroatoms. The van der Waals surface area contributed by atoms with Crippen LogP contribution in [0.15, 0.2) is 47.4 Å². The van der Waals surface area contributed by atoms with Crippen molar-refractivity contribution in [3.05, 3.63) is 64.2 Å². The second-order valence-electron chi connectivity index (χ2n) is 6.57. The molecule has 1 aliphatic rings. The predicted molar refractivity (Wildman–Crippen MR) is 97.3 cm³/mol. The van der Waals surface area contributed by atoms with Crippen LogP contribution in [0.4, 0.5) is 0 Å². The van der Waals surface area contributed by atoms with E-state index < -0.39 is 16.0 Å². The molecule has 2 aromatic carbocycles. The average Bonchev–Trinajstić information content (AvgIpc) is 2.59. The molecule has 5 nitrogen and oxygen atoms in total. The van der Waals surface area contributed by atoms with Crippen molar-refractivity contribution in [1.82, 2.24) is 4.72 Å². The van der Waals surface area contributed by atoms with Gasteiger partial charge in [0.15, 0.2) is 0 Å². The number of aryl methyl sites for hydroxylation is 1. The Labute approximate surface area is 186 Å². The van der Waals surface area contributed by atoms with Crippen LogP contribution in [0.2, 0.25) is 5.02 Å². The quantitative estimate of drug-likeness (QED) is 0.595. The first-order valence-corrected chi connectivity index (χ1v) is 10.3. The third-order valence-corrected chi connectivity index (χ3v) is 6.33. The van der Waals surface area contributed by atoms with Gasteiger partial charge in [-0.2, -0.15) is 0 Å². The third-order valence-electron chi connectivity index (χ3n) is 4.64. The van der Waals surface area contributed by atoms with E-state index in [0.29, 0.717) is 17.1 Å². The van der Waals surface area contributed by atoms with Crippen LogP contribution in [0.5, 0.6) is 0 Å². The summed E-state index contributed by atoms with van der Waals surface area (Å²) in [6, 6.07) is 11.7. The van der Waals surface area contributed by atoms with Crippen molar-refractivity contribution in [2.24, 2.45) is 5.92 Å². The molecule has 1 atom stereocenters. The molecule has 0 amide bonds. The number of halogens is 1. The molecule has 0 spiro atoms. The van der Waals surface area contributed by atoms with E-state index in [2.05, 4.69) is 4.72 Å². The minimum atomic E-state index is -3.57. The minimum Gasteiger partial charge on any atom is -0.550 e. The molecule has 1 unspecified atom stereocenters. The summed E-state index contributed by atoms with van der Waals surface area (Å²) in [7, 11) is -3.57. The van der Waals surface area contributed by atoms with Gasteiger partial charge >= 0.3 is 29.6 Å². The maximum absolute atomic E-state index is 12.4. The minimum absolute atomic E-state index is 0. The Kier molecular flexibility index (Phi) is 7.92. The molecule has 27 heavy (non-hydrogen) atoms. The van der Waals surface area contributed by atoms with Crippen molar-refractivity contribution in [2.45, 2.75) is 30.6 Å².